The second kappa shape index (κ2) is 7.60. The van der Waals surface area contributed by atoms with Gasteiger partial charge >= 0.3 is 6.18 Å². The van der Waals surface area contributed by atoms with Crippen molar-refractivity contribution in [1.29, 1.82) is 0 Å². The van der Waals surface area contributed by atoms with Crippen molar-refractivity contribution in [3.05, 3.63) is 28.5 Å². The number of hydrogen-bond donors (Lipinski definition) is 1. The fraction of sp³-hybridized carbons (Fsp3) is 0.417. The number of alkyl halides is 3. The highest BCUT2D eigenvalue weighted by molar-refractivity contribution is 9.10. The molecule has 0 aliphatic heterocycles. The van der Waals surface area contributed by atoms with Crippen LogP contribution in [0.1, 0.15) is 0 Å². The van der Waals surface area contributed by atoms with E-state index in [0.717, 1.165) is 12.1 Å². The van der Waals surface area contributed by atoms with Crippen molar-refractivity contribution in [3.63, 3.8) is 0 Å². The van der Waals surface area contributed by atoms with E-state index in [1.54, 1.807) is 0 Å². The second-order valence-electron chi connectivity index (χ2n) is 4.02. The zero-order chi connectivity index (χ0) is 16.0. The molecule has 1 rings (SSSR count). The van der Waals surface area contributed by atoms with Gasteiger partial charge in [0.1, 0.15) is 18.1 Å². The van der Waals surface area contributed by atoms with Gasteiger partial charge in [0.25, 0.3) is 5.91 Å². The number of amides is 1. The molecule has 0 atom stereocenters. The van der Waals surface area contributed by atoms with E-state index in [9.17, 15) is 22.4 Å². The van der Waals surface area contributed by atoms with Gasteiger partial charge in [0.05, 0.1) is 11.1 Å². The van der Waals surface area contributed by atoms with E-state index in [2.05, 4.69) is 15.9 Å². The summed E-state index contributed by atoms with van der Waals surface area (Å²) in [6.07, 6.45) is -4.57. The minimum absolute atomic E-state index is 0.126. The van der Waals surface area contributed by atoms with E-state index in [1.807, 2.05) is 0 Å². The quantitative estimate of drug-likeness (QED) is 0.778. The van der Waals surface area contributed by atoms with Gasteiger partial charge in [-0.1, -0.05) is 0 Å². The first-order valence-corrected chi connectivity index (χ1v) is 6.55. The van der Waals surface area contributed by atoms with Crippen molar-refractivity contribution in [2.24, 2.45) is 0 Å². The molecule has 1 aromatic carbocycles. The number of aliphatic hydroxyl groups is 1. The zero-order valence-electron chi connectivity index (χ0n) is 10.7. The predicted octanol–water partition coefficient (Wildman–Crippen LogP) is 2.35. The fourth-order valence-corrected chi connectivity index (χ4v) is 1.92. The molecular weight excluding hydrogens is 362 g/mol. The Labute approximate surface area is 126 Å². The minimum atomic E-state index is -4.57. The normalized spacial score (nSPS) is 11.3. The summed E-state index contributed by atoms with van der Waals surface area (Å²) in [5.41, 5.74) is 0. The molecule has 1 amide bonds. The minimum Gasteiger partial charge on any atom is -0.483 e. The van der Waals surface area contributed by atoms with E-state index in [0.29, 0.717) is 4.90 Å². The third kappa shape index (κ3) is 6.30. The summed E-state index contributed by atoms with van der Waals surface area (Å²) in [6, 6.07) is 3.43. The van der Waals surface area contributed by atoms with Gasteiger partial charge in [-0.2, -0.15) is 13.2 Å². The average Bonchev–Trinajstić information content (AvgIpc) is 2.35. The number of carbonyl (C=O) groups excluding carboxylic acids is 1. The first-order chi connectivity index (χ1) is 9.73. The molecular formula is C12H12BrF4NO3. The van der Waals surface area contributed by atoms with Crippen LogP contribution in [0.5, 0.6) is 5.75 Å². The Morgan fingerprint density at radius 1 is 1.38 bits per heavy atom. The SMILES string of the molecule is O=C(COc1ccc(F)cc1Br)N(CCO)CC(F)(F)F. The third-order valence-electron chi connectivity index (χ3n) is 2.34. The summed E-state index contributed by atoms with van der Waals surface area (Å²) < 4.78 is 55.0. The number of aliphatic hydroxyl groups excluding tert-OH is 1. The third-order valence-corrected chi connectivity index (χ3v) is 2.96. The Bertz CT molecular complexity index is 496. The lowest BCUT2D eigenvalue weighted by atomic mass is 10.3. The molecule has 0 unspecified atom stereocenters. The van der Waals surface area contributed by atoms with Crippen LogP contribution in [-0.2, 0) is 4.79 Å². The molecule has 0 saturated heterocycles. The summed E-state index contributed by atoms with van der Waals surface area (Å²) >= 11 is 3.00. The van der Waals surface area contributed by atoms with Crippen LogP contribution in [0.4, 0.5) is 17.6 Å². The lowest BCUT2D eigenvalue weighted by Gasteiger charge is -2.23. The van der Waals surface area contributed by atoms with E-state index < -0.39 is 44.2 Å². The Kier molecular flexibility index (Phi) is 6.41. The molecule has 0 aliphatic carbocycles. The first-order valence-electron chi connectivity index (χ1n) is 5.76. The molecule has 4 nitrogen and oxygen atoms in total. The van der Waals surface area contributed by atoms with Gasteiger partial charge in [0.2, 0.25) is 0 Å². The number of halogens is 5. The summed E-state index contributed by atoms with van der Waals surface area (Å²) in [7, 11) is 0. The van der Waals surface area contributed by atoms with Crippen molar-refractivity contribution < 1.29 is 32.2 Å². The fourth-order valence-electron chi connectivity index (χ4n) is 1.45. The zero-order valence-corrected chi connectivity index (χ0v) is 12.2. The smallest absolute Gasteiger partial charge is 0.406 e. The van der Waals surface area contributed by atoms with Crippen LogP contribution < -0.4 is 4.74 Å². The standard InChI is InChI=1S/C12H12BrF4NO3/c13-9-5-8(14)1-2-10(9)21-6-11(20)18(3-4-19)7-12(15,16)17/h1-2,5,19H,3-4,6-7H2. The van der Waals surface area contributed by atoms with E-state index in [-0.39, 0.29) is 10.2 Å². The Hall–Kier alpha value is -1.35. The molecule has 0 spiro atoms. The molecule has 9 heteroatoms. The maximum atomic E-state index is 12.8. The van der Waals surface area contributed by atoms with Crippen molar-refractivity contribution in [1.82, 2.24) is 4.90 Å². The monoisotopic (exact) mass is 373 g/mol. The molecule has 0 radical (unpaired) electrons. The number of nitrogens with zero attached hydrogens (tertiary/aromatic N) is 1. The van der Waals surface area contributed by atoms with Crippen molar-refractivity contribution >= 4 is 21.8 Å². The maximum Gasteiger partial charge on any atom is 0.406 e. The van der Waals surface area contributed by atoms with Crippen molar-refractivity contribution in [3.8, 4) is 5.75 Å². The molecule has 21 heavy (non-hydrogen) atoms. The Morgan fingerprint density at radius 3 is 2.57 bits per heavy atom. The second-order valence-corrected chi connectivity index (χ2v) is 4.87. The lowest BCUT2D eigenvalue weighted by Crippen LogP contribution is -2.42. The van der Waals surface area contributed by atoms with Crippen LogP contribution >= 0.6 is 15.9 Å². The number of benzene rings is 1. The van der Waals surface area contributed by atoms with E-state index in [1.165, 1.54) is 6.07 Å². The molecule has 0 saturated carbocycles. The number of ether oxygens (including phenoxy) is 1. The van der Waals surface area contributed by atoms with Gasteiger partial charge in [0, 0.05) is 6.54 Å². The molecule has 0 aromatic heterocycles. The number of hydrogen-bond acceptors (Lipinski definition) is 3. The average molecular weight is 374 g/mol. The molecule has 1 N–H and O–H groups in total. The highest BCUT2D eigenvalue weighted by Gasteiger charge is 2.32. The van der Waals surface area contributed by atoms with Crippen molar-refractivity contribution in [2.75, 3.05) is 26.3 Å². The summed E-state index contributed by atoms with van der Waals surface area (Å²) in [5, 5.41) is 8.69. The molecule has 1 aromatic rings. The lowest BCUT2D eigenvalue weighted by molar-refractivity contribution is -0.163. The van der Waals surface area contributed by atoms with Crippen LogP contribution in [0.15, 0.2) is 22.7 Å². The Morgan fingerprint density at radius 2 is 2.05 bits per heavy atom. The first kappa shape index (κ1) is 17.7. The molecule has 0 heterocycles. The van der Waals surface area contributed by atoms with Crippen molar-refractivity contribution in [2.45, 2.75) is 6.18 Å². The largest absolute Gasteiger partial charge is 0.483 e. The molecule has 0 fully saturated rings. The van der Waals surface area contributed by atoms with Crippen LogP contribution in [0, 0.1) is 5.82 Å². The van der Waals surface area contributed by atoms with Gasteiger partial charge in [0.15, 0.2) is 6.61 Å². The maximum absolute atomic E-state index is 12.8. The number of rotatable bonds is 6. The summed E-state index contributed by atoms with van der Waals surface area (Å²) in [5.74, 6) is -1.34. The predicted molar refractivity (Wildman–Crippen MR) is 69.3 cm³/mol. The van der Waals surface area contributed by atoms with Crippen LogP contribution in [-0.4, -0.2) is 48.4 Å². The molecule has 118 valence electrons. The van der Waals surface area contributed by atoms with Gasteiger partial charge in [-0.3, -0.25) is 4.79 Å². The number of carbonyl (C=O) groups is 1. The highest BCUT2D eigenvalue weighted by atomic mass is 79.9. The Balaban J connectivity index is 2.64. The summed E-state index contributed by atoms with van der Waals surface area (Å²) in [6.45, 7) is -3.17. The highest BCUT2D eigenvalue weighted by Crippen LogP contribution is 2.25. The topological polar surface area (TPSA) is 49.8 Å². The van der Waals surface area contributed by atoms with Crippen LogP contribution in [0.25, 0.3) is 0 Å². The van der Waals surface area contributed by atoms with E-state index in [4.69, 9.17) is 9.84 Å². The van der Waals surface area contributed by atoms with Gasteiger partial charge in [-0.05, 0) is 34.1 Å². The van der Waals surface area contributed by atoms with E-state index >= 15 is 0 Å². The van der Waals surface area contributed by atoms with Gasteiger partial charge in [-0.25, -0.2) is 4.39 Å². The van der Waals surface area contributed by atoms with Gasteiger partial charge < -0.3 is 14.7 Å². The molecule has 0 bridgehead atoms. The van der Waals surface area contributed by atoms with Crippen LogP contribution in [0.3, 0.4) is 0 Å². The van der Waals surface area contributed by atoms with Gasteiger partial charge in [-0.15, -0.1) is 0 Å². The summed E-state index contributed by atoms with van der Waals surface area (Å²) in [4.78, 5) is 12.1. The molecule has 0 aliphatic rings. The van der Waals surface area contributed by atoms with Crippen LogP contribution in [0.2, 0.25) is 0 Å².